The van der Waals surface area contributed by atoms with Crippen LogP contribution in [0.25, 0.3) is 0 Å². The average molecular weight is 329 g/mol. The fourth-order valence-corrected chi connectivity index (χ4v) is 3.88. The number of benzene rings is 1. The van der Waals surface area contributed by atoms with Gasteiger partial charge in [0.15, 0.2) is 5.96 Å². The molecule has 0 spiro atoms. The van der Waals surface area contributed by atoms with Crippen LogP contribution in [0.1, 0.15) is 50.2 Å². The molecule has 3 rings (SSSR count). The highest BCUT2D eigenvalue weighted by Gasteiger charge is 2.30. The SMILES string of the molecule is CCNC(=NCc1ccc(C)cc1)NC1CCN(C2CCCC2)C1. The second kappa shape index (κ2) is 8.52. The van der Waals surface area contributed by atoms with Crippen LogP contribution in [-0.2, 0) is 6.54 Å². The van der Waals surface area contributed by atoms with Gasteiger partial charge in [-0.2, -0.15) is 0 Å². The molecule has 1 atom stereocenters. The average Bonchev–Trinajstić information content (AvgIpc) is 3.25. The Hall–Kier alpha value is -1.55. The van der Waals surface area contributed by atoms with E-state index in [1.54, 1.807) is 0 Å². The zero-order chi connectivity index (χ0) is 16.8. The molecule has 4 nitrogen and oxygen atoms in total. The number of guanidine groups is 1. The van der Waals surface area contributed by atoms with Crippen molar-refractivity contribution in [1.82, 2.24) is 15.5 Å². The molecule has 1 aromatic rings. The lowest BCUT2D eigenvalue weighted by molar-refractivity contribution is 0.242. The summed E-state index contributed by atoms with van der Waals surface area (Å²) in [6, 6.07) is 10.0. The van der Waals surface area contributed by atoms with Crippen LogP contribution in [0, 0.1) is 6.92 Å². The molecule has 2 fully saturated rings. The molecule has 1 saturated carbocycles. The number of aliphatic imine (C=N–C) groups is 1. The van der Waals surface area contributed by atoms with Crippen molar-refractivity contribution in [2.24, 2.45) is 4.99 Å². The predicted molar refractivity (Wildman–Crippen MR) is 101 cm³/mol. The quantitative estimate of drug-likeness (QED) is 0.644. The maximum Gasteiger partial charge on any atom is 0.191 e. The monoisotopic (exact) mass is 328 g/mol. The van der Waals surface area contributed by atoms with E-state index in [4.69, 9.17) is 4.99 Å². The fraction of sp³-hybridized carbons (Fsp3) is 0.650. The van der Waals surface area contributed by atoms with Gasteiger partial charge in [-0.1, -0.05) is 42.7 Å². The second-order valence-electron chi connectivity index (χ2n) is 7.24. The van der Waals surface area contributed by atoms with Crippen molar-refractivity contribution in [3.8, 4) is 0 Å². The molecule has 4 heteroatoms. The van der Waals surface area contributed by atoms with E-state index in [0.717, 1.165) is 25.1 Å². The summed E-state index contributed by atoms with van der Waals surface area (Å²) >= 11 is 0. The Morgan fingerprint density at radius 3 is 2.62 bits per heavy atom. The van der Waals surface area contributed by atoms with E-state index in [9.17, 15) is 0 Å². The van der Waals surface area contributed by atoms with Crippen molar-refractivity contribution in [3.05, 3.63) is 35.4 Å². The van der Waals surface area contributed by atoms with E-state index in [1.165, 1.54) is 56.3 Å². The van der Waals surface area contributed by atoms with E-state index >= 15 is 0 Å². The summed E-state index contributed by atoms with van der Waals surface area (Å²) in [5.74, 6) is 0.955. The van der Waals surface area contributed by atoms with Gasteiger partial charge in [-0.15, -0.1) is 0 Å². The lowest BCUT2D eigenvalue weighted by atomic mass is 10.1. The Kier molecular flexibility index (Phi) is 6.13. The molecule has 0 bridgehead atoms. The van der Waals surface area contributed by atoms with Crippen LogP contribution in [0.4, 0.5) is 0 Å². The Labute approximate surface area is 146 Å². The number of hydrogen-bond acceptors (Lipinski definition) is 2. The largest absolute Gasteiger partial charge is 0.357 e. The molecule has 1 aromatic carbocycles. The van der Waals surface area contributed by atoms with Crippen LogP contribution in [0.3, 0.4) is 0 Å². The molecular formula is C20H32N4. The van der Waals surface area contributed by atoms with Crippen molar-refractivity contribution in [2.75, 3.05) is 19.6 Å². The van der Waals surface area contributed by atoms with E-state index in [0.29, 0.717) is 6.04 Å². The van der Waals surface area contributed by atoms with E-state index in [2.05, 4.69) is 53.6 Å². The summed E-state index contributed by atoms with van der Waals surface area (Å²) in [6.45, 7) is 8.28. The molecule has 0 amide bonds. The smallest absolute Gasteiger partial charge is 0.191 e. The lowest BCUT2D eigenvalue weighted by Crippen LogP contribution is -2.45. The van der Waals surface area contributed by atoms with Crippen LogP contribution < -0.4 is 10.6 Å². The molecular weight excluding hydrogens is 296 g/mol. The van der Waals surface area contributed by atoms with Crippen LogP contribution in [0.2, 0.25) is 0 Å². The predicted octanol–water partition coefficient (Wildman–Crippen LogP) is 3.07. The lowest BCUT2D eigenvalue weighted by Gasteiger charge is -2.24. The summed E-state index contributed by atoms with van der Waals surface area (Å²) in [5.41, 5.74) is 2.56. The van der Waals surface area contributed by atoms with Gasteiger partial charge < -0.3 is 10.6 Å². The van der Waals surface area contributed by atoms with Crippen molar-refractivity contribution >= 4 is 5.96 Å². The van der Waals surface area contributed by atoms with Gasteiger partial charge in [0.2, 0.25) is 0 Å². The molecule has 24 heavy (non-hydrogen) atoms. The third-order valence-electron chi connectivity index (χ3n) is 5.29. The highest BCUT2D eigenvalue weighted by atomic mass is 15.3. The van der Waals surface area contributed by atoms with E-state index < -0.39 is 0 Å². The highest BCUT2D eigenvalue weighted by molar-refractivity contribution is 5.80. The highest BCUT2D eigenvalue weighted by Crippen LogP contribution is 2.26. The van der Waals surface area contributed by atoms with Gasteiger partial charge in [-0.25, -0.2) is 4.99 Å². The molecule has 0 aromatic heterocycles. The van der Waals surface area contributed by atoms with E-state index in [1.807, 2.05) is 0 Å². The maximum atomic E-state index is 4.78. The van der Waals surface area contributed by atoms with Crippen molar-refractivity contribution in [1.29, 1.82) is 0 Å². The van der Waals surface area contributed by atoms with Crippen molar-refractivity contribution in [2.45, 2.75) is 64.6 Å². The minimum Gasteiger partial charge on any atom is -0.357 e. The van der Waals surface area contributed by atoms with Crippen LogP contribution in [-0.4, -0.2) is 42.6 Å². The Morgan fingerprint density at radius 2 is 1.92 bits per heavy atom. The molecule has 1 unspecified atom stereocenters. The van der Waals surface area contributed by atoms with Gasteiger partial charge in [-0.05, 0) is 38.7 Å². The first kappa shape index (κ1) is 17.3. The number of aryl methyl sites for hydroxylation is 1. The van der Waals surface area contributed by atoms with Gasteiger partial charge in [0.25, 0.3) is 0 Å². The number of hydrogen-bond donors (Lipinski definition) is 2. The molecule has 1 aliphatic carbocycles. The Balaban J connectivity index is 1.53. The van der Waals surface area contributed by atoms with E-state index in [-0.39, 0.29) is 0 Å². The third-order valence-corrected chi connectivity index (χ3v) is 5.29. The van der Waals surface area contributed by atoms with Crippen molar-refractivity contribution in [3.63, 3.8) is 0 Å². The number of likely N-dealkylation sites (tertiary alicyclic amines) is 1. The number of nitrogens with zero attached hydrogens (tertiary/aromatic N) is 2. The molecule has 132 valence electrons. The molecule has 0 radical (unpaired) electrons. The maximum absolute atomic E-state index is 4.78. The first-order chi connectivity index (χ1) is 11.7. The standard InChI is InChI=1S/C20H32N4/c1-3-21-20(22-14-17-10-8-16(2)9-11-17)23-18-12-13-24(15-18)19-6-4-5-7-19/h8-11,18-19H,3-7,12-15H2,1-2H3,(H2,21,22,23). The van der Waals surface area contributed by atoms with Crippen LogP contribution in [0.5, 0.6) is 0 Å². The molecule has 2 N–H and O–H groups in total. The van der Waals surface area contributed by atoms with Gasteiger partial charge in [-0.3, -0.25) is 4.90 Å². The van der Waals surface area contributed by atoms with Gasteiger partial charge in [0, 0.05) is 31.7 Å². The normalized spacial score (nSPS) is 22.9. The molecule has 1 heterocycles. The topological polar surface area (TPSA) is 39.7 Å². The summed E-state index contributed by atoms with van der Waals surface area (Å²) < 4.78 is 0. The zero-order valence-corrected chi connectivity index (χ0v) is 15.2. The second-order valence-corrected chi connectivity index (χ2v) is 7.24. The van der Waals surface area contributed by atoms with Crippen LogP contribution in [0.15, 0.2) is 29.3 Å². The molecule has 1 saturated heterocycles. The van der Waals surface area contributed by atoms with Crippen LogP contribution >= 0.6 is 0 Å². The zero-order valence-electron chi connectivity index (χ0n) is 15.2. The molecule has 1 aliphatic heterocycles. The minimum atomic E-state index is 0.529. The Morgan fingerprint density at radius 1 is 1.17 bits per heavy atom. The Bertz CT molecular complexity index is 531. The number of nitrogens with one attached hydrogen (secondary N) is 2. The summed E-state index contributed by atoms with van der Waals surface area (Å²) in [6.07, 6.45) is 6.86. The summed E-state index contributed by atoms with van der Waals surface area (Å²) in [4.78, 5) is 7.46. The summed E-state index contributed by atoms with van der Waals surface area (Å²) in [7, 11) is 0. The first-order valence-electron chi connectivity index (χ1n) is 9.59. The molecule has 2 aliphatic rings. The summed E-state index contributed by atoms with van der Waals surface area (Å²) in [5, 5.41) is 7.05. The number of rotatable bonds is 5. The third kappa shape index (κ3) is 4.73. The minimum absolute atomic E-state index is 0.529. The van der Waals surface area contributed by atoms with Gasteiger partial charge >= 0.3 is 0 Å². The van der Waals surface area contributed by atoms with Gasteiger partial charge in [0.1, 0.15) is 0 Å². The van der Waals surface area contributed by atoms with Gasteiger partial charge in [0.05, 0.1) is 6.54 Å². The van der Waals surface area contributed by atoms with Crippen molar-refractivity contribution < 1.29 is 0 Å². The fourth-order valence-electron chi connectivity index (χ4n) is 3.88. The first-order valence-corrected chi connectivity index (χ1v) is 9.59.